The van der Waals surface area contributed by atoms with Gasteiger partial charge in [-0.15, -0.1) is 0 Å². The third kappa shape index (κ3) is 6.53. The number of hydrogen-bond acceptors (Lipinski definition) is 2. The topological polar surface area (TPSA) is 15.3 Å². The first-order valence-electron chi connectivity index (χ1n) is 8.42. The van der Waals surface area contributed by atoms with Gasteiger partial charge in [0.15, 0.2) is 0 Å². The summed E-state index contributed by atoms with van der Waals surface area (Å²) in [6.07, 6.45) is 9.75. The van der Waals surface area contributed by atoms with Crippen LogP contribution in [0, 0.1) is 0 Å². The van der Waals surface area contributed by atoms with E-state index < -0.39 is 0 Å². The number of nitrogens with one attached hydrogen (secondary N) is 1. The summed E-state index contributed by atoms with van der Waals surface area (Å²) in [7, 11) is 0. The van der Waals surface area contributed by atoms with Crippen LogP contribution >= 0.6 is 0 Å². The molecule has 0 unspecified atom stereocenters. The summed E-state index contributed by atoms with van der Waals surface area (Å²) in [4.78, 5) is 2.65. The first kappa shape index (κ1) is 15.5. The second-order valence-electron chi connectivity index (χ2n) is 5.98. The van der Waals surface area contributed by atoms with Gasteiger partial charge in [-0.25, -0.2) is 0 Å². The Morgan fingerprint density at radius 2 is 1.60 bits per heavy atom. The van der Waals surface area contributed by atoms with Gasteiger partial charge >= 0.3 is 0 Å². The van der Waals surface area contributed by atoms with Crippen molar-refractivity contribution in [2.45, 2.75) is 51.5 Å². The number of benzene rings is 1. The lowest BCUT2D eigenvalue weighted by atomic mass is 10.1. The molecule has 0 radical (unpaired) electrons. The Morgan fingerprint density at radius 1 is 0.850 bits per heavy atom. The molecule has 1 aromatic carbocycles. The first-order valence-corrected chi connectivity index (χ1v) is 8.42. The van der Waals surface area contributed by atoms with E-state index in [9.17, 15) is 0 Å². The summed E-state index contributed by atoms with van der Waals surface area (Å²) in [5.41, 5.74) is 1.39. The van der Waals surface area contributed by atoms with Gasteiger partial charge in [0.2, 0.25) is 0 Å². The molecule has 1 heterocycles. The van der Waals surface area contributed by atoms with Gasteiger partial charge in [0, 0.05) is 6.54 Å². The molecule has 0 aliphatic carbocycles. The Kier molecular flexibility index (Phi) is 7.73. The summed E-state index contributed by atoms with van der Waals surface area (Å²) in [5, 5.41) is 3.53. The summed E-state index contributed by atoms with van der Waals surface area (Å²) in [6, 6.07) is 10.7. The molecule has 20 heavy (non-hydrogen) atoms. The average molecular weight is 274 g/mol. The van der Waals surface area contributed by atoms with Crippen LogP contribution < -0.4 is 5.32 Å². The predicted octanol–water partition coefficient (Wildman–Crippen LogP) is 3.82. The summed E-state index contributed by atoms with van der Waals surface area (Å²) >= 11 is 0. The largest absolute Gasteiger partial charge is 0.313 e. The van der Waals surface area contributed by atoms with Gasteiger partial charge < -0.3 is 10.2 Å². The highest BCUT2D eigenvalue weighted by Crippen LogP contribution is 2.10. The van der Waals surface area contributed by atoms with E-state index >= 15 is 0 Å². The van der Waals surface area contributed by atoms with Crippen molar-refractivity contribution in [3.05, 3.63) is 35.9 Å². The molecular weight excluding hydrogens is 244 g/mol. The van der Waals surface area contributed by atoms with Crippen LogP contribution in [0.3, 0.4) is 0 Å². The van der Waals surface area contributed by atoms with Gasteiger partial charge in [0.25, 0.3) is 0 Å². The van der Waals surface area contributed by atoms with Gasteiger partial charge in [-0.05, 0) is 57.4 Å². The van der Waals surface area contributed by atoms with Crippen molar-refractivity contribution in [3.63, 3.8) is 0 Å². The highest BCUT2D eigenvalue weighted by Gasteiger charge is 2.08. The van der Waals surface area contributed by atoms with Crippen molar-refractivity contribution in [1.82, 2.24) is 10.2 Å². The van der Waals surface area contributed by atoms with Crippen LogP contribution in [-0.2, 0) is 6.54 Å². The molecule has 2 heteroatoms. The molecule has 1 aliphatic heterocycles. The van der Waals surface area contributed by atoms with Crippen LogP contribution in [0.1, 0.15) is 50.5 Å². The Hall–Kier alpha value is -0.860. The normalized spacial score (nSPS) is 16.4. The highest BCUT2D eigenvalue weighted by molar-refractivity contribution is 5.14. The molecule has 2 nitrogen and oxygen atoms in total. The molecule has 0 aromatic heterocycles. The van der Waals surface area contributed by atoms with E-state index in [1.807, 2.05) is 0 Å². The average Bonchev–Trinajstić information content (AvgIpc) is 2.52. The SMILES string of the molecule is c1ccc(CNCCCCCCN2CCCCC2)cc1. The van der Waals surface area contributed by atoms with Crippen LogP contribution in [0.5, 0.6) is 0 Å². The van der Waals surface area contributed by atoms with Crippen molar-refractivity contribution in [2.75, 3.05) is 26.2 Å². The maximum atomic E-state index is 3.53. The zero-order valence-corrected chi connectivity index (χ0v) is 12.8. The number of hydrogen-bond donors (Lipinski definition) is 1. The smallest absolute Gasteiger partial charge is 0.0205 e. The van der Waals surface area contributed by atoms with Crippen molar-refractivity contribution >= 4 is 0 Å². The third-order valence-corrected chi connectivity index (χ3v) is 4.20. The van der Waals surface area contributed by atoms with Crippen molar-refractivity contribution < 1.29 is 0 Å². The van der Waals surface area contributed by atoms with Crippen molar-refractivity contribution in [3.8, 4) is 0 Å². The maximum absolute atomic E-state index is 3.53. The number of likely N-dealkylation sites (tertiary alicyclic amines) is 1. The second kappa shape index (κ2) is 9.95. The minimum atomic E-state index is 1.01. The van der Waals surface area contributed by atoms with E-state index in [1.54, 1.807) is 0 Å². The van der Waals surface area contributed by atoms with Gasteiger partial charge in [-0.2, -0.15) is 0 Å². The zero-order chi connectivity index (χ0) is 13.9. The van der Waals surface area contributed by atoms with E-state index in [1.165, 1.54) is 70.1 Å². The fourth-order valence-corrected chi connectivity index (χ4v) is 2.95. The fraction of sp³-hybridized carbons (Fsp3) is 0.667. The number of piperidine rings is 1. The van der Waals surface area contributed by atoms with E-state index in [0.717, 1.165) is 13.1 Å². The molecule has 0 saturated carbocycles. The van der Waals surface area contributed by atoms with Gasteiger partial charge in [0.1, 0.15) is 0 Å². The van der Waals surface area contributed by atoms with Crippen molar-refractivity contribution in [2.24, 2.45) is 0 Å². The summed E-state index contributed by atoms with van der Waals surface area (Å²) < 4.78 is 0. The van der Waals surface area contributed by atoms with E-state index in [4.69, 9.17) is 0 Å². The quantitative estimate of drug-likeness (QED) is 0.689. The Balaban J connectivity index is 1.38. The zero-order valence-electron chi connectivity index (χ0n) is 12.8. The lowest BCUT2D eigenvalue weighted by Crippen LogP contribution is -2.30. The van der Waals surface area contributed by atoms with Gasteiger partial charge in [0.05, 0.1) is 0 Å². The predicted molar refractivity (Wildman–Crippen MR) is 86.9 cm³/mol. The molecule has 1 aliphatic rings. The van der Waals surface area contributed by atoms with Crippen molar-refractivity contribution in [1.29, 1.82) is 0 Å². The van der Waals surface area contributed by atoms with E-state index in [2.05, 4.69) is 40.5 Å². The van der Waals surface area contributed by atoms with Crippen LogP contribution in [0.15, 0.2) is 30.3 Å². The molecule has 2 rings (SSSR count). The number of rotatable bonds is 9. The van der Waals surface area contributed by atoms with E-state index in [0.29, 0.717) is 0 Å². The second-order valence-corrected chi connectivity index (χ2v) is 5.98. The number of nitrogens with zero attached hydrogens (tertiary/aromatic N) is 1. The first-order chi connectivity index (χ1) is 9.95. The monoisotopic (exact) mass is 274 g/mol. The van der Waals surface area contributed by atoms with Crippen LogP contribution in [0.2, 0.25) is 0 Å². The molecule has 0 atom stereocenters. The molecular formula is C18H30N2. The lowest BCUT2D eigenvalue weighted by Gasteiger charge is -2.26. The Labute approximate surface area is 124 Å². The molecule has 1 saturated heterocycles. The van der Waals surface area contributed by atoms with Crippen LogP contribution in [0.25, 0.3) is 0 Å². The van der Waals surface area contributed by atoms with Gasteiger partial charge in [-0.3, -0.25) is 0 Å². The summed E-state index contributed by atoms with van der Waals surface area (Å²) in [6.45, 7) is 6.18. The van der Waals surface area contributed by atoms with Crippen LogP contribution in [-0.4, -0.2) is 31.1 Å². The maximum Gasteiger partial charge on any atom is 0.0205 e. The molecule has 0 bridgehead atoms. The lowest BCUT2D eigenvalue weighted by molar-refractivity contribution is 0.224. The summed E-state index contributed by atoms with van der Waals surface area (Å²) in [5.74, 6) is 0. The molecule has 112 valence electrons. The Bertz CT molecular complexity index is 331. The molecule has 1 aromatic rings. The minimum absolute atomic E-state index is 1.01. The number of unbranched alkanes of at least 4 members (excludes halogenated alkanes) is 3. The minimum Gasteiger partial charge on any atom is -0.313 e. The molecule has 0 spiro atoms. The standard InChI is InChI=1S/C18H30N2/c1(2-8-14-20-15-9-4-10-16-20)7-13-19-17-18-11-5-3-6-12-18/h3,5-6,11-12,19H,1-2,4,7-10,13-17H2. The highest BCUT2D eigenvalue weighted by atomic mass is 15.1. The van der Waals surface area contributed by atoms with Crippen LogP contribution in [0.4, 0.5) is 0 Å². The van der Waals surface area contributed by atoms with Gasteiger partial charge in [-0.1, -0.05) is 49.6 Å². The fourth-order valence-electron chi connectivity index (χ4n) is 2.95. The van der Waals surface area contributed by atoms with E-state index in [-0.39, 0.29) is 0 Å². The molecule has 1 fully saturated rings. The molecule has 0 amide bonds. The molecule has 1 N–H and O–H groups in total. The Morgan fingerprint density at radius 3 is 2.40 bits per heavy atom. The third-order valence-electron chi connectivity index (χ3n) is 4.20.